The molecule has 0 saturated heterocycles. The summed E-state index contributed by atoms with van der Waals surface area (Å²) >= 11 is 0. The maximum Gasteiger partial charge on any atom is 0.317 e. The van der Waals surface area contributed by atoms with Crippen LogP contribution in [0.15, 0.2) is 36.9 Å². The van der Waals surface area contributed by atoms with Gasteiger partial charge in [0, 0.05) is 12.1 Å². The Kier molecular flexibility index (Phi) is 6.29. The molecule has 1 rings (SSSR count). The van der Waals surface area contributed by atoms with Crippen LogP contribution in [0.3, 0.4) is 0 Å². The number of hydrogen-bond acceptors (Lipinski definition) is 4. The number of amides is 1. The van der Waals surface area contributed by atoms with E-state index in [1.54, 1.807) is 24.3 Å². The average Bonchev–Trinajstić information content (AvgIpc) is 2.38. The van der Waals surface area contributed by atoms with Crippen LogP contribution < -0.4 is 5.32 Å². The molecule has 0 spiro atoms. The third-order valence-corrected chi connectivity index (χ3v) is 2.69. The van der Waals surface area contributed by atoms with Crippen LogP contribution in [0.25, 0.3) is 0 Å². The number of hydrogen-bond donors (Lipinski definition) is 2. The summed E-state index contributed by atoms with van der Waals surface area (Å²) in [4.78, 5) is 35.6. The molecule has 6 nitrogen and oxygen atoms in total. The highest BCUT2D eigenvalue weighted by Gasteiger charge is 2.14. The fourth-order valence-electron chi connectivity index (χ4n) is 1.85. The van der Waals surface area contributed by atoms with Crippen molar-refractivity contribution in [1.29, 1.82) is 0 Å². The molecule has 0 atom stereocenters. The third-order valence-electron chi connectivity index (χ3n) is 2.69. The monoisotopic (exact) mass is 290 g/mol. The zero-order valence-corrected chi connectivity index (χ0v) is 11.8. The van der Waals surface area contributed by atoms with E-state index < -0.39 is 5.97 Å². The number of rotatable bonds is 8. The maximum atomic E-state index is 12.0. The number of Topliss-reactive ketones (excluding diaryl/α,β-unsaturated/α-hetero) is 1. The van der Waals surface area contributed by atoms with Crippen LogP contribution in [-0.4, -0.2) is 47.3 Å². The van der Waals surface area contributed by atoms with Crippen LogP contribution in [0.5, 0.6) is 0 Å². The van der Waals surface area contributed by atoms with Gasteiger partial charge in [-0.1, -0.05) is 18.2 Å². The topological polar surface area (TPSA) is 86.7 Å². The molecule has 1 amide bonds. The second-order valence-electron chi connectivity index (χ2n) is 4.50. The van der Waals surface area contributed by atoms with Gasteiger partial charge in [-0.25, -0.2) is 0 Å². The molecule has 0 aliphatic carbocycles. The van der Waals surface area contributed by atoms with Gasteiger partial charge in [0.1, 0.15) is 0 Å². The van der Waals surface area contributed by atoms with Crippen molar-refractivity contribution in [2.24, 2.45) is 0 Å². The predicted octanol–water partition coefficient (Wildman–Crippen LogP) is 1.40. The molecule has 0 heterocycles. The maximum absolute atomic E-state index is 12.0. The molecule has 21 heavy (non-hydrogen) atoms. The molecule has 0 aliphatic rings. The first-order valence-electron chi connectivity index (χ1n) is 6.39. The second-order valence-corrected chi connectivity index (χ2v) is 4.50. The fourth-order valence-corrected chi connectivity index (χ4v) is 1.85. The second kappa shape index (κ2) is 7.96. The van der Waals surface area contributed by atoms with Gasteiger partial charge >= 0.3 is 5.97 Å². The molecule has 0 saturated carbocycles. The van der Waals surface area contributed by atoms with Gasteiger partial charge in [-0.05, 0) is 19.1 Å². The number of nitrogens with one attached hydrogen (secondary N) is 1. The summed E-state index contributed by atoms with van der Waals surface area (Å²) in [7, 11) is 0. The van der Waals surface area contributed by atoms with Crippen LogP contribution in [0, 0.1) is 0 Å². The van der Waals surface area contributed by atoms with Crippen molar-refractivity contribution in [3.63, 3.8) is 0 Å². The van der Waals surface area contributed by atoms with Crippen molar-refractivity contribution >= 4 is 23.3 Å². The van der Waals surface area contributed by atoms with Crippen molar-refractivity contribution in [3.05, 3.63) is 42.5 Å². The molecule has 0 aromatic heterocycles. The lowest BCUT2D eigenvalue weighted by Crippen LogP contribution is -2.37. The first-order valence-corrected chi connectivity index (χ1v) is 6.39. The Labute approximate surface area is 123 Å². The van der Waals surface area contributed by atoms with E-state index in [0.29, 0.717) is 11.3 Å². The normalized spacial score (nSPS) is 10.2. The van der Waals surface area contributed by atoms with Gasteiger partial charge in [-0.15, -0.1) is 6.58 Å². The van der Waals surface area contributed by atoms with E-state index in [-0.39, 0.29) is 31.3 Å². The van der Waals surface area contributed by atoms with Crippen LogP contribution in [0.2, 0.25) is 0 Å². The summed E-state index contributed by atoms with van der Waals surface area (Å²) in [5.74, 6) is -1.56. The lowest BCUT2D eigenvalue weighted by Gasteiger charge is -2.18. The third kappa shape index (κ3) is 5.58. The first kappa shape index (κ1) is 16.6. The number of ketones is 1. The summed E-state index contributed by atoms with van der Waals surface area (Å²) in [6.45, 7) is 4.88. The number of para-hydroxylation sites is 1. The van der Waals surface area contributed by atoms with Crippen LogP contribution in [0.4, 0.5) is 5.69 Å². The summed E-state index contributed by atoms with van der Waals surface area (Å²) in [5, 5.41) is 11.4. The number of carboxylic acids is 1. The Morgan fingerprint density at radius 1 is 1.29 bits per heavy atom. The number of carbonyl (C=O) groups excluding carboxylic acids is 2. The van der Waals surface area contributed by atoms with Crippen LogP contribution >= 0.6 is 0 Å². The number of aliphatic carboxylic acids is 1. The van der Waals surface area contributed by atoms with E-state index in [4.69, 9.17) is 5.11 Å². The van der Waals surface area contributed by atoms with E-state index >= 15 is 0 Å². The summed E-state index contributed by atoms with van der Waals surface area (Å²) in [6.07, 6.45) is 1.53. The molecular formula is C15H18N2O4. The molecule has 0 bridgehead atoms. The number of anilines is 1. The zero-order valence-electron chi connectivity index (χ0n) is 11.8. The average molecular weight is 290 g/mol. The van der Waals surface area contributed by atoms with E-state index in [0.717, 1.165) is 0 Å². The van der Waals surface area contributed by atoms with Gasteiger partial charge in [0.2, 0.25) is 5.91 Å². The quantitative estimate of drug-likeness (QED) is 0.558. The number of carboxylic acid groups (broad SMARTS) is 1. The number of nitrogens with zero attached hydrogens (tertiary/aromatic N) is 1. The van der Waals surface area contributed by atoms with Gasteiger partial charge in [-0.3, -0.25) is 19.3 Å². The lowest BCUT2D eigenvalue weighted by atomic mass is 10.1. The molecule has 6 heteroatoms. The lowest BCUT2D eigenvalue weighted by molar-refractivity contribution is -0.138. The fraction of sp³-hybridized carbons (Fsp3) is 0.267. The minimum absolute atomic E-state index is 0.0927. The molecule has 2 N–H and O–H groups in total. The molecule has 0 fully saturated rings. The highest BCUT2D eigenvalue weighted by molar-refractivity contribution is 6.04. The van der Waals surface area contributed by atoms with Crippen LogP contribution in [-0.2, 0) is 9.59 Å². The van der Waals surface area contributed by atoms with Crippen LogP contribution in [0.1, 0.15) is 17.3 Å². The highest BCUT2D eigenvalue weighted by atomic mass is 16.4. The smallest absolute Gasteiger partial charge is 0.317 e. The Hall–Kier alpha value is -2.47. The molecular weight excluding hydrogens is 272 g/mol. The highest BCUT2D eigenvalue weighted by Crippen LogP contribution is 2.15. The zero-order chi connectivity index (χ0) is 15.8. The van der Waals surface area contributed by atoms with Crippen molar-refractivity contribution < 1.29 is 19.5 Å². The van der Waals surface area contributed by atoms with Gasteiger partial charge in [0.25, 0.3) is 0 Å². The van der Waals surface area contributed by atoms with E-state index in [1.165, 1.54) is 17.9 Å². The molecule has 1 aromatic rings. The van der Waals surface area contributed by atoms with Crippen molar-refractivity contribution in [3.8, 4) is 0 Å². The Balaban J connectivity index is 2.74. The standard InChI is InChI=1S/C15H18N2O4/c1-3-8-17(10-15(20)21)9-14(19)16-13-7-5-4-6-12(13)11(2)18/h3-7H,1,8-10H2,2H3,(H,16,19)(H,20,21). The molecule has 1 aromatic carbocycles. The summed E-state index contributed by atoms with van der Waals surface area (Å²) in [6, 6.07) is 6.67. The first-order chi connectivity index (χ1) is 9.93. The number of carbonyl (C=O) groups is 3. The minimum atomic E-state index is -1.02. The Bertz CT molecular complexity index is 554. The van der Waals surface area contributed by atoms with Gasteiger partial charge in [0.15, 0.2) is 5.78 Å². The van der Waals surface area contributed by atoms with Crippen molar-refractivity contribution in [2.75, 3.05) is 25.0 Å². The SMILES string of the molecule is C=CCN(CC(=O)O)CC(=O)Nc1ccccc1C(C)=O. The Morgan fingerprint density at radius 2 is 1.95 bits per heavy atom. The van der Waals surface area contributed by atoms with Gasteiger partial charge in [0.05, 0.1) is 18.8 Å². The molecule has 0 radical (unpaired) electrons. The summed E-state index contributed by atoms with van der Waals surface area (Å²) in [5.41, 5.74) is 0.836. The van der Waals surface area contributed by atoms with Crippen molar-refractivity contribution in [1.82, 2.24) is 4.90 Å². The molecule has 0 aliphatic heterocycles. The molecule has 0 unspecified atom stereocenters. The number of benzene rings is 1. The minimum Gasteiger partial charge on any atom is -0.480 e. The van der Waals surface area contributed by atoms with Crippen molar-refractivity contribution in [2.45, 2.75) is 6.92 Å². The van der Waals surface area contributed by atoms with Gasteiger partial charge in [-0.2, -0.15) is 0 Å². The molecule has 112 valence electrons. The summed E-state index contributed by atoms with van der Waals surface area (Å²) < 4.78 is 0. The van der Waals surface area contributed by atoms with E-state index in [1.807, 2.05) is 0 Å². The predicted molar refractivity (Wildman–Crippen MR) is 79.3 cm³/mol. The Morgan fingerprint density at radius 3 is 2.52 bits per heavy atom. The van der Waals surface area contributed by atoms with Gasteiger partial charge < -0.3 is 10.4 Å². The largest absolute Gasteiger partial charge is 0.480 e. The van der Waals surface area contributed by atoms with E-state index in [9.17, 15) is 14.4 Å². The van der Waals surface area contributed by atoms with E-state index in [2.05, 4.69) is 11.9 Å².